The molecule has 1 fully saturated rings. The van der Waals surface area contributed by atoms with Crippen molar-refractivity contribution in [2.75, 3.05) is 47.0 Å². The van der Waals surface area contributed by atoms with Crippen LogP contribution in [0.3, 0.4) is 0 Å². The van der Waals surface area contributed by atoms with Gasteiger partial charge in [0.25, 0.3) is 0 Å². The zero-order chi connectivity index (χ0) is 15.2. The smallest absolute Gasteiger partial charge is 0.161 e. The van der Waals surface area contributed by atoms with Crippen LogP contribution < -0.4 is 14.8 Å². The van der Waals surface area contributed by atoms with Gasteiger partial charge in [0.2, 0.25) is 0 Å². The molecule has 0 spiro atoms. The van der Waals surface area contributed by atoms with Gasteiger partial charge in [0.1, 0.15) is 0 Å². The summed E-state index contributed by atoms with van der Waals surface area (Å²) in [6.07, 6.45) is 0.702. The molecule has 1 atom stereocenters. The third-order valence-electron chi connectivity index (χ3n) is 3.86. The summed E-state index contributed by atoms with van der Waals surface area (Å²) in [5.74, 6) is 1.42. The van der Waals surface area contributed by atoms with Crippen LogP contribution in [0.5, 0.6) is 11.5 Å². The zero-order valence-corrected chi connectivity index (χ0v) is 14.1. The maximum atomic E-state index is 9.43. The Balaban J connectivity index is 2.34. The first-order valence-corrected chi connectivity index (χ1v) is 7.97. The first-order valence-electron chi connectivity index (χ1n) is 7.18. The summed E-state index contributed by atoms with van der Waals surface area (Å²) in [5.41, 5.74) is 1.13. The number of hydrogen-bond donors (Lipinski definition) is 2. The van der Waals surface area contributed by atoms with Gasteiger partial charge in [0.15, 0.2) is 11.5 Å². The Hall–Kier alpha value is -0.820. The maximum absolute atomic E-state index is 9.43. The fourth-order valence-electron chi connectivity index (χ4n) is 2.78. The lowest BCUT2D eigenvalue weighted by atomic mass is 10.0. The van der Waals surface area contributed by atoms with E-state index >= 15 is 0 Å². The molecule has 5 nitrogen and oxygen atoms in total. The van der Waals surface area contributed by atoms with Crippen LogP contribution in [-0.4, -0.2) is 57.0 Å². The minimum atomic E-state index is 0.162. The van der Waals surface area contributed by atoms with E-state index in [1.54, 1.807) is 14.2 Å². The number of benzene rings is 1. The molecule has 0 aliphatic carbocycles. The van der Waals surface area contributed by atoms with Crippen LogP contribution in [0.25, 0.3) is 0 Å². The van der Waals surface area contributed by atoms with Crippen LogP contribution >= 0.6 is 15.9 Å². The highest BCUT2D eigenvalue weighted by molar-refractivity contribution is 9.10. The lowest BCUT2D eigenvalue weighted by Gasteiger charge is -2.35. The quantitative estimate of drug-likeness (QED) is 0.811. The number of aliphatic hydroxyl groups is 1. The second-order valence-corrected chi connectivity index (χ2v) is 5.90. The molecule has 0 unspecified atom stereocenters. The number of nitrogens with one attached hydrogen (secondary N) is 1. The van der Waals surface area contributed by atoms with Gasteiger partial charge in [0, 0.05) is 43.3 Å². The molecule has 0 saturated carbocycles. The van der Waals surface area contributed by atoms with E-state index < -0.39 is 0 Å². The Labute approximate surface area is 134 Å². The number of halogens is 1. The Morgan fingerprint density at radius 1 is 1.24 bits per heavy atom. The first kappa shape index (κ1) is 16.5. The Morgan fingerprint density at radius 2 is 1.86 bits per heavy atom. The van der Waals surface area contributed by atoms with Gasteiger partial charge in [-0.25, -0.2) is 0 Å². The molecule has 21 heavy (non-hydrogen) atoms. The van der Waals surface area contributed by atoms with Crippen molar-refractivity contribution in [1.82, 2.24) is 10.2 Å². The number of aliphatic hydroxyl groups excluding tert-OH is 1. The lowest BCUT2D eigenvalue weighted by Crippen LogP contribution is -2.45. The molecule has 2 rings (SSSR count). The lowest BCUT2D eigenvalue weighted by molar-refractivity contribution is 0.140. The average Bonchev–Trinajstić information content (AvgIpc) is 2.53. The fraction of sp³-hybridized carbons (Fsp3) is 0.600. The van der Waals surface area contributed by atoms with Crippen LogP contribution in [0.4, 0.5) is 0 Å². The summed E-state index contributed by atoms with van der Waals surface area (Å²) in [6, 6.07) is 4.11. The number of hydrogen-bond acceptors (Lipinski definition) is 5. The molecule has 0 amide bonds. The number of ether oxygens (including phenoxy) is 2. The molecule has 118 valence electrons. The van der Waals surface area contributed by atoms with Crippen molar-refractivity contribution >= 4 is 15.9 Å². The van der Waals surface area contributed by atoms with E-state index in [4.69, 9.17) is 9.47 Å². The SMILES string of the molecule is COc1cc(Br)c([C@H](CCO)N2CCNCC2)cc1OC. The van der Waals surface area contributed by atoms with Gasteiger partial charge in [0.05, 0.1) is 14.2 Å². The van der Waals surface area contributed by atoms with E-state index in [1.807, 2.05) is 12.1 Å². The average molecular weight is 359 g/mol. The molecule has 0 aromatic heterocycles. The predicted molar refractivity (Wildman–Crippen MR) is 86.1 cm³/mol. The molecule has 6 heteroatoms. The monoisotopic (exact) mass is 358 g/mol. The van der Waals surface area contributed by atoms with Crippen molar-refractivity contribution in [3.63, 3.8) is 0 Å². The molecule has 0 radical (unpaired) electrons. The van der Waals surface area contributed by atoms with Crippen LogP contribution in [0, 0.1) is 0 Å². The molecular weight excluding hydrogens is 336 g/mol. The van der Waals surface area contributed by atoms with E-state index in [1.165, 1.54) is 0 Å². The Morgan fingerprint density at radius 3 is 2.43 bits per heavy atom. The van der Waals surface area contributed by atoms with Crippen LogP contribution in [0.2, 0.25) is 0 Å². The van der Waals surface area contributed by atoms with Gasteiger partial charge in [-0.05, 0) is 24.1 Å². The topological polar surface area (TPSA) is 54.0 Å². The third-order valence-corrected chi connectivity index (χ3v) is 4.54. The summed E-state index contributed by atoms with van der Waals surface area (Å²) >= 11 is 3.63. The molecule has 0 bridgehead atoms. The molecule has 1 aromatic rings. The summed E-state index contributed by atoms with van der Waals surface area (Å²) in [7, 11) is 3.27. The van der Waals surface area contributed by atoms with E-state index in [-0.39, 0.29) is 12.6 Å². The van der Waals surface area contributed by atoms with Crippen LogP contribution in [0.15, 0.2) is 16.6 Å². The molecule has 2 N–H and O–H groups in total. The minimum Gasteiger partial charge on any atom is -0.493 e. The van der Waals surface area contributed by atoms with Gasteiger partial charge in [-0.15, -0.1) is 0 Å². The van der Waals surface area contributed by atoms with Crippen LogP contribution in [-0.2, 0) is 0 Å². The van der Waals surface area contributed by atoms with E-state index in [2.05, 4.69) is 26.1 Å². The fourth-order valence-corrected chi connectivity index (χ4v) is 3.36. The molecule has 1 aliphatic rings. The molecule has 1 aliphatic heterocycles. The van der Waals surface area contributed by atoms with Gasteiger partial charge in [-0.3, -0.25) is 4.90 Å². The van der Waals surface area contributed by atoms with Crippen molar-refractivity contribution in [3.8, 4) is 11.5 Å². The van der Waals surface area contributed by atoms with Crippen molar-refractivity contribution in [3.05, 3.63) is 22.2 Å². The summed E-state index contributed by atoms with van der Waals surface area (Å²) < 4.78 is 11.7. The van der Waals surface area contributed by atoms with E-state index in [9.17, 15) is 5.11 Å². The second-order valence-electron chi connectivity index (χ2n) is 5.04. The number of piperazine rings is 1. The molecule has 1 heterocycles. The summed E-state index contributed by atoms with van der Waals surface area (Å²) in [5, 5.41) is 12.8. The van der Waals surface area contributed by atoms with Gasteiger partial charge >= 0.3 is 0 Å². The number of methoxy groups -OCH3 is 2. The highest BCUT2D eigenvalue weighted by Crippen LogP contribution is 2.38. The van der Waals surface area contributed by atoms with Gasteiger partial charge in [-0.1, -0.05) is 15.9 Å². The highest BCUT2D eigenvalue weighted by atomic mass is 79.9. The summed E-state index contributed by atoms with van der Waals surface area (Å²) in [4.78, 5) is 2.40. The normalized spacial score (nSPS) is 17.5. The van der Waals surface area contributed by atoms with Crippen molar-refractivity contribution in [2.24, 2.45) is 0 Å². The Bertz CT molecular complexity index is 464. The van der Waals surface area contributed by atoms with E-state index in [0.717, 1.165) is 36.2 Å². The second kappa shape index (κ2) is 7.98. The number of nitrogens with zero attached hydrogens (tertiary/aromatic N) is 1. The zero-order valence-electron chi connectivity index (χ0n) is 12.6. The maximum Gasteiger partial charge on any atom is 0.161 e. The van der Waals surface area contributed by atoms with Crippen molar-refractivity contribution in [2.45, 2.75) is 12.5 Å². The largest absolute Gasteiger partial charge is 0.493 e. The standard InChI is InChI=1S/C15H23BrN2O3/c1-20-14-9-11(12(16)10-15(14)21-2)13(3-8-19)18-6-4-17-5-7-18/h9-10,13,17,19H,3-8H2,1-2H3/t13-/m0/s1. The van der Waals surface area contributed by atoms with Crippen LogP contribution in [0.1, 0.15) is 18.0 Å². The van der Waals surface area contributed by atoms with Gasteiger partial charge < -0.3 is 19.9 Å². The molecule has 1 saturated heterocycles. The van der Waals surface area contributed by atoms with Crippen molar-refractivity contribution in [1.29, 1.82) is 0 Å². The third kappa shape index (κ3) is 3.88. The predicted octanol–water partition coefficient (Wildman–Crippen LogP) is 1.79. The molecule has 1 aromatic carbocycles. The summed E-state index contributed by atoms with van der Waals surface area (Å²) in [6.45, 7) is 4.08. The van der Waals surface area contributed by atoms with Gasteiger partial charge in [-0.2, -0.15) is 0 Å². The minimum absolute atomic E-state index is 0.162. The highest BCUT2D eigenvalue weighted by Gasteiger charge is 2.25. The first-order chi connectivity index (χ1) is 10.2. The van der Waals surface area contributed by atoms with E-state index in [0.29, 0.717) is 17.9 Å². The van der Waals surface area contributed by atoms with Crippen molar-refractivity contribution < 1.29 is 14.6 Å². The molecular formula is C15H23BrN2O3. The number of rotatable bonds is 6. The Kier molecular flexibility index (Phi) is 6.29.